The molecular weight excluding hydrogens is 300 g/mol. The molecule has 0 atom stereocenters. The van der Waals surface area contributed by atoms with Crippen LogP contribution in [0.4, 0.5) is 5.69 Å². The van der Waals surface area contributed by atoms with E-state index in [0.717, 1.165) is 24.3 Å². The van der Waals surface area contributed by atoms with E-state index in [-0.39, 0.29) is 11.5 Å². The van der Waals surface area contributed by atoms with Gasteiger partial charge in [0.15, 0.2) is 0 Å². The van der Waals surface area contributed by atoms with Crippen molar-refractivity contribution in [2.75, 3.05) is 31.1 Å². The van der Waals surface area contributed by atoms with Gasteiger partial charge in [-0.2, -0.15) is 5.26 Å². The van der Waals surface area contributed by atoms with Crippen LogP contribution in [0.2, 0.25) is 0 Å². The lowest BCUT2D eigenvalue weighted by Crippen LogP contribution is -2.49. The predicted octanol–water partition coefficient (Wildman–Crippen LogP) is 2.34. The van der Waals surface area contributed by atoms with Gasteiger partial charge in [-0.3, -0.25) is 9.78 Å². The molecule has 1 aromatic heterocycles. The molecule has 24 heavy (non-hydrogen) atoms. The minimum Gasteiger partial charge on any atom is -0.368 e. The van der Waals surface area contributed by atoms with Gasteiger partial charge in [0.1, 0.15) is 11.6 Å². The van der Waals surface area contributed by atoms with Gasteiger partial charge in [-0.15, -0.1) is 0 Å². The molecule has 0 unspecified atom stereocenters. The lowest BCUT2D eigenvalue weighted by atomic mass is 10.1. The van der Waals surface area contributed by atoms with E-state index < -0.39 is 0 Å². The summed E-state index contributed by atoms with van der Waals surface area (Å²) in [4.78, 5) is 20.6. The van der Waals surface area contributed by atoms with Crippen molar-refractivity contribution in [1.82, 2.24) is 9.88 Å². The van der Waals surface area contributed by atoms with Crippen LogP contribution in [0.3, 0.4) is 0 Å². The Morgan fingerprint density at radius 2 is 1.83 bits per heavy atom. The lowest BCUT2D eigenvalue weighted by Gasteiger charge is -2.36. The molecule has 0 N–H and O–H groups in total. The van der Waals surface area contributed by atoms with Crippen LogP contribution in [-0.2, 0) is 4.79 Å². The number of hydrogen-bond acceptors (Lipinski definition) is 4. The highest BCUT2D eigenvalue weighted by molar-refractivity contribution is 6.01. The second-order valence-electron chi connectivity index (χ2n) is 5.57. The van der Waals surface area contributed by atoms with Crippen LogP contribution in [0.15, 0.2) is 60.4 Å². The molecule has 1 amide bonds. The number of carbonyl (C=O) groups is 1. The number of carbonyl (C=O) groups excluding carboxylic acids is 1. The summed E-state index contributed by atoms with van der Waals surface area (Å²) in [5.41, 5.74) is 2.07. The monoisotopic (exact) mass is 318 g/mol. The molecule has 3 rings (SSSR count). The number of nitriles is 1. The summed E-state index contributed by atoms with van der Waals surface area (Å²) in [6, 6.07) is 15.8. The maximum Gasteiger partial charge on any atom is 0.264 e. The third kappa shape index (κ3) is 3.61. The van der Waals surface area contributed by atoms with Crippen LogP contribution in [-0.4, -0.2) is 42.0 Å². The summed E-state index contributed by atoms with van der Waals surface area (Å²) < 4.78 is 0. The standard InChI is InChI=1S/C19H18N4O/c20-14-17(13-16-5-4-8-21-15-16)19(24)23-11-9-22(10-12-23)18-6-2-1-3-7-18/h1-8,13,15H,9-12H2/b17-13-. The molecule has 2 heterocycles. The molecule has 1 aliphatic heterocycles. The Balaban J connectivity index is 1.66. The molecule has 120 valence electrons. The van der Waals surface area contributed by atoms with Gasteiger partial charge in [-0.25, -0.2) is 0 Å². The summed E-state index contributed by atoms with van der Waals surface area (Å²) >= 11 is 0. The highest BCUT2D eigenvalue weighted by Crippen LogP contribution is 2.17. The number of hydrogen-bond donors (Lipinski definition) is 0. The number of nitrogens with zero attached hydrogens (tertiary/aromatic N) is 4. The van der Waals surface area contributed by atoms with Crippen LogP contribution >= 0.6 is 0 Å². The molecular formula is C19H18N4O. The third-order valence-electron chi connectivity index (χ3n) is 4.03. The van der Waals surface area contributed by atoms with Gasteiger partial charge in [0, 0.05) is 44.3 Å². The number of piperazine rings is 1. The molecule has 1 fully saturated rings. The predicted molar refractivity (Wildman–Crippen MR) is 93.1 cm³/mol. The number of amides is 1. The fourth-order valence-corrected chi connectivity index (χ4v) is 2.75. The summed E-state index contributed by atoms with van der Waals surface area (Å²) in [6.07, 6.45) is 4.89. The minimum absolute atomic E-state index is 0.149. The lowest BCUT2D eigenvalue weighted by molar-refractivity contribution is -0.126. The van der Waals surface area contributed by atoms with E-state index in [1.807, 2.05) is 30.3 Å². The third-order valence-corrected chi connectivity index (χ3v) is 4.03. The van der Waals surface area contributed by atoms with Crippen LogP contribution in [0, 0.1) is 11.3 Å². The Bertz CT molecular complexity index is 757. The SMILES string of the molecule is N#C/C(=C/c1cccnc1)C(=O)N1CCN(c2ccccc2)CC1. The zero-order valence-electron chi connectivity index (χ0n) is 13.3. The number of anilines is 1. The van der Waals surface area contributed by atoms with Crippen molar-refractivity contribution in [3.05, 3.63) is 66.0 Å². The molecule has 0 saturated carbocycles. The molecule has 0 aliphatic carbocycles. The Morgan fingerprint density at radius 1 is 1.08 bits per heavy atom. The maximum absolute atomic E-state index is 12.6. The summed E-state index contributed by atoms with van der Waals surface area (Å²) in [5, 5.41) is 9.32. The molecule has 1 saturated heterocycles. The summed E-state index contributed by atoms with van der Waals surface area (Å²) in [6.45, 7) is 2.75. The van der Waals surface area contributed by atoms with Gasteiger partial charge in [0.05, 0.1) is 0 Å². The Hall–Kier alpha value is -3.13. The molecule has 1 aromatic carbocycles. The average molecular weight is 318 g/mol. The van der Waals surface area contributed by atoms with Gasteiger partial charge in [0.25, 0.3) is 5.91 Å². The van der Waals surface area contributed by atoms with Gasteiger partial charge < -0.3 is 9.80 Å². The van der Waals surface area contributed by atoms with Crippen LogP contribution in [0.5, 0.6) is 0 Å². The van der Waals surface area contributed by atoms with Crippen molar-refractivity contribution in [2.24, 2.45) is 0 Å². The van der Waals surface area contributed by atoms with Crippen LogP contribution in [0.25, 0.3) is 6.08 Å². The summed E-state index contributed by atoms with van der Waals surface area (Å²) in [5.74, 6) is -0.214. The highest BCUT2D eigenvalue weighted by Gasteiger charge is 2.23. The van der Waals surface area contributed by atoms with Crippen LogP contribution in [0.1, 0.15) is 5.56 Å². The quantitative estimate of drug-likeness (QED) is 0.644. The first-order valence-corrected chi connectivity index (χ1v) is 7.89. The first-order chi connectivity index (χ1) is 11.8. The average Bonchev–Trinajstić information content (AvgIpc) is 2.67. The first-order valence-electron chi connectivity index (χ1n) is 7.89. The Labute approximate surface area is 141 Å². The number of para-hydroxylation sites is 1. The maximum atomic E-state index is 12.6. The number of rotatable bonds is 3. The molecule has 5 nitrogen and oxygen atoms in total. The van der Waals surface area contributed by atoms with Crippen molar-refractivity contribution in [1.29, 1.82) is 5.26 Å². The van der Waals surface area contributed by atoms with Gasteiger partial charge >= 0.3 is 0 Å². The van der Waals surface area contributed by atoms with E-state index >= 15 is 0 Å². The molecule has 0 radical (unpaired) electrons. The molecule has 5 heteroatoms. The smallest absolute Gasteiger partial charge is 0.264 e. The molecule has 0 spiro atoms. The second-order valence-corrected chi connectivity index (χ2v) is 5.57. The number of aromatic nitrogens is 1. The van der Waals surface area contributed by atoms with E-state index in [1.54, 1.807) is 29.4 Å². The highest BCUT2D eigenvalue weighted by atomic mass is 16.2. The van der Waals surface area contributed by atoms with Crippen molar-refractivity contribution >= 4 is 17.7 Å². The first kappa shape index (κ1) is 15.8. The van der Waals surface area contributed by atoms with E-state index in [1.165, 1.54) is 0 Å². The van der Waals surface area contributed by atoms with E-state index in [0.29, 0.717) is 13.1 Å². The number of benzene rings is 1. The van der Waals surface area contributed by atoms with Gasteiger partial charge in [0.2, 0.25) is 0 Å². The fraction of sp³-hybridized carbons (Fsp3) is 0.211. The zero-order chi connectivity index (χ0) is 16.8. The van der Waals surface area contributed by atoms with Crippen molar-refractivity contribution < 1.29 is 4.79 Å². The summed E-state index contributed by atoms with van der Waals surface area (Å²) in [7, 11) is 0. The Morgan fingerprint density at radius 3 is 2.46 bits per heavy atom. The fourth-order valence-electron chi connectivity index (χ4n) is 2.75. The van der Waals surface area contributed by atoms with Crippen molar-refractivity contribution in [3.63, 3.8) is 0 Å². The molecule has 2 aromatic rings. The molecule has 1 aliphatic rings. The molecule has 0 bridgehead atoms. The second kappa shape index (κ2) is 7.42. The Kier molecular flexibility index (Phi) is 4.87. The van der Waals surface area contributed by atoms with Crippen molar-refractivity contribution in [2.45, 2.75) is 0 Å². The van der Waals surface area contributed by atoms with Gasteiger partial charge in [-0.05, 0) is 29.8 Å². The van der Waals surface area contributed by atoms with Gasteiger partial charge in [-0.1, -0.05) is 24.3 Å². The van der Waals surface area contributed by atoms with E-state index in [4.69, 9.17) is 0 Å². The van der Waals surface area contributed by atoms with Crippen molar-refractivity contribution in [3.8, 4) is 6.07 Å². The minimum atomic E-state index is -0.214. The van der Waals surface area contributed by atoms with E-state index in [2.05, 4.69) is 22.0 Å². The normalized spacial score (nSPS) is 15.0. The topological polar surface area (TPSA) is 60.2 Å². The largest absolute Gasteiger partial charge is 0.368 e. The number of pyridine rings is 1. The van der Waals surface area contributed by atoms with E-state index in [9.17, 15) is 10.1 Å². The zero-order valence-corrected chi connectivity index (χ0v) is 13.3. The van der Waals surface area contributed by atoms with Crippen LogP contribution < -0.4 is 4.90 Å².